The molecule has 5 nitrogen and oxygen atoms in total. The van der Waals surface area contributed by atoms with Crippen LogP contribution in [0.15, 0.2) is 24.3 Å². The van der Waals surface area contributed by atoms with Crippen LogP contribution in [0, 0.1) is 0 Å². The second kappa shape index (κ2) is 7.01. The molecule has 3 rings (SSSR count). The van der Waals surface area contributed by atoms with Gasteiger partial charge in [0.15, 0.2) is 11.5 Å². The summed E-state index contributed by atoms with van der Waals surface area (Å²) < 4.78 is 11.1. The van der Waals surface area contributed by atoms with Gasteiger partial charge >= 0.3 is 0 Å². The average molecular weight is 304 g/mol. The summed E-state index contributed by atoms with van der Waals surface area (Å²) in [6.45, 7) is 2.30. The predicted octanol–water partition coefficient (Wildman–Crippen LogP) is 1.82. The summed E-state index contributed by atoms with van der Waals surface area (Å²) in [5, 5.41) is 3.11. The maximum Gasteiger partial charge on any atom is 0.237 e. The molecule has 1 N–H and O–H groups in total. The monoisotopic (exact) mass is 304 g/mol. The van der Waals surface area contributed by atoms with E-state index in [0.717, 1.165) is 50.3 Å². The number of carbonyl (C=O) groups excluding carboxylic acids is 1. The van der Waals surface area contributed by atoms with Gasteiger partial charge in [0.2, 0.25) is 5.91 Å². The number of ether oxygens (including phenoxy) is 2. The Labute approximate surface area is 131 Å². The standard InChI is InChI=1S/C17H24N2O3/c1-21-15-6-2-3-7-16(15)22-12-11-19-10-4-5-14(19)17(20)18-13-8-9-13/h2-3,6-7,13-14H,4-5,8-12H2,1H3,(H,18,20). The number of methoxy groups -OCH3 is 1. The van der Waals surface area contributed by atoms with Crippen molar-refractivity contribution < 1.29 is 14.3 Å². The molecule has 0 bridgehead atoms. The Kier molecular flexibility index (Phi) is 4.83. The number of amides is 1. The highest BCUT2D eigenvalue weighted by Gasteiger charge is 2.33. The zero-order chi connectivity index (χ0) is 15.4. The molecule has 1 heterocycles. The van der Waals surface area contributed by atoms with Crippen LogP contribution in [-0.2, 0) is 4.79 Å². The number of likely N-dealkylation sites (tertiary alicyclic amines) is 1. The maximum atomic E-state index is 12.2. The van der Waals surface area contributed by atoms with Gasteiger partial charge in [-0.05, 0) is 44.4 Å². The van der Waals surface area contributed by atoms with Gasteiger partial charge in [-0.15, -0.1) is 0 Å². The maximum absolute atomic E-state index is 12.2. The van der Waals surface area contributed by atoms with Gasteiger partial charge in [0.05, 0.1) is 13.2 Å². The van der Waals surface area contributed by atoms with Crippen molar-refractivity contribution in [1.82, 2.24) is 10.2 Å². The van der Waals surface area contributed by atoms with E-state index in [1.54, 1.807) is 7.11 Å². The largest absolute Gasteiger partial charge is 0.493 e. The minimum Gasteiger partial charge on any atom is -0.493 e. The van der Waals surface area contributed by atoms with Crippen LogP contribution in [0.25, 0.3) is 0 Å². The molecule has 1 aromatic rings. The molecule has 1 saturated heterocycles. The summed E-state index contributed by atoms with van der Waals surface area (Å²) in [6.07, 6.45) is 4.30. The first-order valence-electron chi connectivity index (χ1n) is 8.08. The fourth-order valence-corrected chi connectivity index (χ4v) is 2.93. The van der Waals surface area contributed by atoms with Crippen molar-refractivity contribution >= 4 is 5.91 Å². The molecule has 1 aliphatic carbocycles. The topological polar surface area (TPSA) is 50.8 Å². The zero-order valence-corrected chi connectivity index (χ0v) is 13.1. The van der Waals surface area contributed by atoms with Crippen LogP contribution in [0.1, 0.15) is 25.7 Å². The van der Waals surface area contributed by atoms with Crippen molar-refractivity contribution in [3.63, 3.8) is 0 Å². The average Bonchev–Trinajstić information content (AvgIpc) is 3.22. The van der Waals surface area contributed by atoms with Crippen molar-refractivity contribution in [2.45, 2.75) is 37.8 Å². The van der Waals surface area contributed by atoms with E-state index in [2.05, 4.69) is 10.2 Å². The Balaban J connectivity index is 1.48. The lowest BCUT2D eigenvalue weighted by Gasteiger charge is -2.23. The normalized spacial score (nSPS) is 21.6. The van der Waals surface area contributed by atoms with E-state index >= 15 is 0 Å². The van der Waals surface area contributed by atoms with E-state index in [9.17, 15) is 4.79 Å². The Bertz CT molecular complexity index is 516. The predicted molar refractivity (Wildman–Crippen MR) is 84.2 cm³/mol. The highest BCUT2D eigenvalue weighted by Crippen LogP contribution is 2.26. The van der Waals surface area contributed by atoms with Gasteiger partial charge in [-0.2, -0.15) is 0 Å². The molecule has 0 aromatic heterocycles. The van der Waals surface area contributed by atoms with E-state index in [4.69, 9.17) is 9.47 Å². The molecule has 1 aromatic carbocycles. The first-order chi connectivity index (χ1) is 10.8. The van der Waals surface area contributed by atoms with Crippen LogP contribution >= 0.6 is 0 Å². The van der Waals surface area contributed by atoms with Crippen LogP contribution < -0.4 is 14.8 Å². The number of carbonyl (C=O) groups is 1. The number of para-hydroxylation sites is 2. The van der Waals surface area contributed by atoms with Gasteiger partial charge in [-0.25, -0.2) is 0 Å². The third kappa shape index (κ3) is 3.71. The zero-order valence-electron chi connectivity index (χ0n) is 13.1. The van der Waals surface area contributed by atoms with Crippen molar-refractivity contribution in [2.24, 2.45) is 0 Å². The number of nitrogens with zero attached hydrogens (tertiary/aromatic N) is 1. The molecule has 0 spiro atoms. The molecular formula is C17H24N2O3. The molecule has 1 aliphatic heterocycles. The molecule has 2 fully saturated rings. The summed E-state index contributed by atoms with van der Waals surface area (Å²) in [4.78, 5) is 14.5. The van der Waals surface area contributed by atoms with Gasteiger partial charge in [0.25, 0.3) is 0 Å². The summed E-state index contributed by atoms with van der Waals surface area (Å²) in [5.74, 6) is 1.69. The fourth-order valence-electron chi connectivity index (χ4n) is 2.93. The van der Waals surface area contributed by atoms with Crippen molar-refractivity contribution in [1.29, 1.82) is 0 Å². The quantitative estimate of drug-likeness (QED) is 0.835. The Hall–Kier alpha value is -1.75. The molecule has 120 valence electrons. The fraction of sp³-hybridized carbons (Fsp3) is 0.588. The lowest BCUT2D eigenvalue weighted by Crippen LogP contribution is -2.45. The molecule has 2 aliphatic rings. The van der Waals surface area contributed by atoms with Crippen LogP contribution in [-0.4, -0.2) is 49.7 Å². The van der Waals surface area contributed by atoms with Gasteiger partial charge in [-0.3, -0.25) is 9.69 Å². The molecule has 1 amide bonds. The lowest BCUT2D eigenvalue weighted by molar-refractivity contribution is -0.125. The Morgan fingerprint density at radius 1 is 1.27 bits per heavy atom. The third-order valence-corrected chi connectivity index (χ3v) is 4.30. The Morgan fingerprint density at radius 2 is 2.05 bits per heavy atom. The minimum absolute atomic E-state index is 0.0156. The van der Waals surface area contributed by atoms with E-state index < -0.39 is 0 Å². The van der Waals surface area contributed by atoms with Gasteiger partial charge in [0.1, 0.15) is 6.61 Å². The van der Waals surface area contributed by atoms with Crippen LogP contribution in [0.5, 0.6) is 11.5 Å². The SMILES string of the molecule is COc1ccccc1OCCN1CCCC1C(=O)NC1CC1. The Morgan fingerprint density at radius 3 is 2.77 bits per heavy atom. The molecule has 0 radical (unpaired) electrons. The minimum atomic E-state index is 0.0156. The summed E-state index contributed by atoms with van der Waals surface area (Å²) >= 11 is 0. The molecule has 5 heteroatoms. The second-order valence-corrected chi connectivity index (χ2v) is 5.98. The summed E-state index contributed by atoms with van der Waals surface area (Å²) in [7, 11) is 1.64. The van der Waals surface area contributed by atoms with Crippen molar-refractivity contribution in [3.05, 3.63) is 24.3 Å². The molecular weight excluding hydrogens is 280 g/mol. The number of nitrogens with one attached hydrogen (secondary N) is 1. The van der Waals surface area contributed by atoms with Crippen molar-refractivity contribution in [2.75, 3.05) is 26.8 Å². The number of rotatable bonds is 7. The second-order valence-electron chi connectivity index (χ2n) is 5.98. The lowest BCUT2D eigenvalue weighted by atomic mass is 10.2. The number of hydrogen-bond acceptors (Lipinski definition) is 4. The number of hydrogen-bond donors (Lipinski definition) is 1. The summed E-state index contributed by atoms with van der Waals surface area (Å²) in [5.41, 5.74) is 0. The van der Waals surface area contributed by atoms with Crippen LogP contribution in [0.4, 0.5) is 0 Å². The van der Waals surface area contributed by atoms with E-state index in [-0.39, 0.29) is 11.9 Å². The van der Waals surface area contributed by atoms with E-state index in [0.29, 0.717) is 12.6 Å². The highest BCUT2D eigenvalue weighted by molar-refractivity contribution is 5.82. The molecule has 1 unspecified atom stereocenters. The van der Waals surface area contributed by atoms with Crippen LogP contribution in [0.2, 0.25) is 0 Å². The van der Waals surface area contributed by atoms with Crippen LogP contribution in [0.3, 0.4) is 0 Å². The smallest absolute Gasteiger partial charge is 0.237 e. The molecule has 1 saturated carbocycles. The third-order valence-electron chi connectivity index (χ3n) is 4.30. The number of benzene rings is 1. The van der Waals surface area contributed by atoms with E-state index in [1.807, 2.05) is 24.3 Å². The highest BCUT2D eigenvalue weighted by atomic mass is 16.5. The van der Waals surface area contributed by atoms with Gasteiger partial charge in [0, 0.05) is 12.6 Å². The first-order valence-corrected chi connectivity index (χ1v) is 8.08. The van der Waals surface area contributed by atoms with Gasteiger partial charge in [-0.1, -0.05) is 12.1 Å². The summed E-state index contributed by atoms with van der Waals surface area (Å²) in [6, 6.07) is 8.09. The molecule has 1 atom stereocenters. The van der Waals surface area contributed by atoms with Crippen molar-refractivity contribution in [3.8, 4) is 11.5 Å². The molecule has 22 heavy (non-hydrogen) atoms. The van der Waals surface area contributed by atoms with Gasteiger partial charge < -0.3 is 14.8 Å². The first kappa shape index (κ1) is 15.2. The van der Waals surface area contributed by atoms with E-state index in [1.165, 1.54) is 0 Å².